The molecule has 1 saturated heterocycles. The molecule has 1 aliphatic heterocycles. The van der Waals surface area contributed by atoms with Crippen LogP contribution >= 0.6 is 0 Å². The Morgan fingerprint density at radius 3 is 3.00 bits per heavy atom. The van der Waals surface area contributed by atoms with Gasteiger partial charge in [0.05, 0.1) is 19.4 Å². The second-order valence-electron chi connectivity index (χ2n) is 6.21. The van der Waals surface area contributed by atoms with E-state index in [0.717, 1.165) is 51.1 Å². The van der Waals surface area contributed by atoms with Crippen LogP contribution in [0.1, 0.15) is 25.0 Å². The lowest BCUT2D eigenvalue weighted by atomic mass is 9.86. The molecule has 0 spiro atoms. The van der Waals surface area contributed by atoms with Crippen molar-refractivity contribution in [3.63, 3.8) is 0 Å². The average molecular weight is 264 g/mol. The third kappa shape index (κ3) is 3.59. The normalized spacial score (nSPS) is 27.3. The molecular weight excluding hydrogens is 240 g/mol. The van der Waals surface area contributed by atoms with Crippen molar-refractivity contribution in [2.75, 3.05) is 33.4 Å². The molecule has 19 heavy (non-hydrogen) atoms. The van der Waals surface area contributed by atoms with E-state index in [1.165, 1.54) is 12.8 Å². The molecule has 106 valence electrons. The lowest BCUT2D eigenvalue weighted by Gasteiger charge is -2.32. The Kier molecular flexibility index (Phi) is 3.91. The van der Waals surface area contributed by atoms with Crippen molar-refractivity contribution in [2.45, 2.75) is 31.8 Å². The standard InChI is InChI=1S/C15H24N2O2/c1-17(9-14-3-2-7-19-14)11-15(6-8-18-12-15)10-16-13-4-5-13/h2-3,7,13,16H,4-6,8-12H2,1H3. The van der Waals surface area contributed by atoms with Gasteiger partial charge in [-0.1, -0.05) is 0 Å². The van der Waals surface area contributed by atoms with E-state index in [4.69, 9.17) is 9.15 Å². The summed E-state index contributed by atoms with van der Waals surface area (Å²) in [6, 6.07) is 4.76. The van der Waals surface area contributed by atoms with Gasteiger partial charge in [0.25, 0.3) is 0 Å². The summed E-state index contributed by atoms with van der Waals surface area (Å²) in [4.78, 5) is 2.35. The Bertz CT molecular complexity index is 381. The van der Waals surface area contributed by atoms with E-state index in [1.807, 2.05) is 12.1 Å². The molecule has 1 aromatic heterocycles. The van der Waals surface area contributed by atoms with Gasteiger partial charge in [-0.15, -0.1) is 0 Å². The Morgan fingerprint density at radius 2 is 2.37 bits per heavy atom. The molecule has 0 radical (unpaired) electrons. The highest BCUT2D eigenvalue weighted by Gasteiger charge is 2.37. The Hall–Kier alpha value is -0.840. The number of nitrogens with zero attached hydrogens (tertiary/aromatic N) is 1. The van der Waals surface area contributed by atoms with Crippen LogP contribution in [-0.4, -0.2) is 44.3 Å². The average Bonchev–Trinajstić information content (AvgIpc) is 2.87. The van der Waals surface area contributed by atoms with Gasteiger partial charge in [-0.05, 0) is 38.4 Å². The first-order valence-corrected chi connectivity index (χ1v) is 7.28. The molecule has 4 nitrogen and oxygen atoms in total. The van der Waals surface area contributed by atoms with Gasteiger partial charge in [0, 0.05) is 31.2 Å². The molecule has 4 heteroatoms. The van der Waals surface area contributed by atoms with E-state index in [1.54, 1.807) is 6.26 Å². The number of ether oxygens (including phenoxy) is 1. The number of rotatable bonds is 7. The maximum atomic E-state index is 5.66. The third-order valence-electron chi connectivity index (χ3n) is 4.14. The highest BCUT2D eigenvalue weighted by atomic mass is 16.5. The SMILES string of the molecule is CN(Cc1ccco1)CC1(CNC2CC2)CCOC1. The molecule has 2 aliphatic rings. The topological polar surface area (TPSA) is 37.6 Å². The largest absolute Gasteiger partial charge is 0.468 e. The molecule has 1 atom stereocenters. The van der Waals surface area contributed by atoms with Gasteiger partial charge < -0.3 is 14.5 Å². The zero-order chi connectivity index (χ0) is 13.1. The van der Waals surface area contributed by atoms with Crippen molar-refractivity contribution in [3.05, 3.63) is 24.2 Å². The molecule has 0 amide bonds. The van der Waals surface area contributed by atoms with Gasteiger partial charge in [0.15, 0.2) is 0 Å². The first kappa shape index (κ1) is 13.2. The smallest absolute Gasteiger partial charge is 0.117 e. The highest BCUT2D eigenvalue weighted by Crippen LogP contribution is 2.31. The first-order chi connectivity index (χ1) is 9.26. The van der Waals surface area contributed by atoms with Crippen LogP contribution in [0.4, 0.5) is 0 Å². The molecule has 1 aromatic rings. The zero-order valence-electron chi connectivity index (χ0n) is 11.7. The Labute approximate surface area is 115 Å². The van der Waals surface area contributed by atoms with Gasteiger partial charge in [-0.25, -0.2) is 0 Å². The number of hydrogen-bond acceptors (Lipinski definition) is 4. The predicted molar refractivity (Wildman–Crippen MR) is 73.9 cm³/mol. The number of hydrogen-bond donors (Lipinski definition) is 1. The molecule has 1 saturated carbocycles. The minimum Gasteiger partial charge on any atom is -0.468 e. The van der Waals surface area contributed by atoms with E-state index >= 15 is 0 Å². The minimum atomic E-state index is 0.282. The van der Waals surface area contributed by atoms with Crippen molar-refractivity contribution in [1.29, 1.82) is 0 Å². The summed E-state index contributed by atoms with van der Waals surface area (Å²) < 4.78 is 11.1. The van der Waals surface area contributed by atoms with E-state index in [0.29, 0.717) is 0 Å². The van der Waals surface area contributed by atoms with Crippen molar-refractivity contribution in [2.24, 2.45) is 5.41 Å². The summed E-state index contributed by atoms with van der Waals surface area (Å²) in [5.41, 5.74) is 0.282. The molecule has 0 bridgehead atoms. The van der Waals surface area contributed by atoms with Gasteiger partial charge in [-0.3, -0.25) is 4.90 Å². The summed E-state index contributed by atoms with van der Waals surface area (Å²) in [6.45, 7) is 4.81. The van der Waals surface area contributed by atoms with Crippen LogP contribution in [0.5, 0.6) is 0 Å². The number of nitrogens with one attached hydrogen (secondary N) is 1. The maximum Gasteiger partial charge on any atom is 0.117 e. The van der Waals surface area contributed by atoms with Crippen molar-refractivity contribution >= 4 is 0 Å². The first-order valence-electron chi connectivity index (χ1n) is 7.28. The summed E-state index contributed by atoms with van der Waals surface area (Å²) in [6.07, 6.45) is 5.60. The fraction of sp³-hybridized carbons (Fsp3) is 0.733. The van der Waals surface area contributed by atoms with Crippen LogP contribution in [0.2, 0.25) is 0 Å². The summed E-state index contributed by atoms with van der Waals surface area (Å²) in [5.74, 6) is 1.03. The molecule has 1 unspecified atom stereocenters. The third-order valence-corrected chi connectivity index (χ3v) is 4.14. The van der Waals surface area contributed by atoms with E-state index in [2.05, 4.69) is 17.3 Å². The van der Waals surface area contributed by atoms with Crippen LogP contribution in [0.15, 0.2) is 22.8 Å². The van der Waals surface area contributed by atoms with Crippen molar-refractivity contribution in [3.8, 4) is 0 Å². The monoisotopic (exact) mass is 264 g/mol. The van der Waals surface area contributed by atoms with Crippen LogP contribution < -0.4 is 5.32 Å². The van der Waals surface area contributed by atoms with E-state index in [9.17, 15) is 0 Å². The van der Waals surface area contributed by atoms with Gasteiger partial charge in [0.2, 0.25) is 0 Å². The summed E-state index contributed by atoms with van der Waals surface area (Å²) in [5, 5.41) is 3.67. The van der Waals surface area contributed by atoms with Gasteiger partial charge >= 0.3 is 0 Å². The fourth-order valence-corrected chi connectivity index (χ4v) is 2.91. The van der Waals surface area contributed by atoms with Crippen LogP contribution in [0.25, 0.3) is 0 Å². The molecular formula is C15H24N2O2. The van der Waals surface area contributed by atoms with Crippen molar-refractivity contribution in [1.82, 2.24) is 10.2 Å². The fourth-order valence-electron chi connectivity index (χ4n) is 2.91. The predicted octanol–water partition coefficient (Wildman–Crippen LogP) is 1.87. The van der Waals surface area contributed by atoms with Crippen molar-refractivity contribution < 1.29 is 9.15 Å². The Morgan fingerprint density at radius 1 is 1.47 bits per heavy atom. The van der Waals surface area contributed by atoms with Crippen LogP contribution in [0, 0.1) is 5.41 Å². The molecule has 1 N–H and O–H groups in total. The lowest BCUT2D eigenvalue weighted by Crippen LogP contribution is -2.44. The second kappa shape index (κ2) is 5.65. The molecule has 2 fully saturated rings. The van der Waals surface area contributed by atoms with E-state index < -0.39 is 0 Å². The zero-order valence-corrected chi connectivity index (χ0v) is 11.7. The molecule has 3 rings (SSSR count). The molecule has 0 aromatic carbocycles. The van der Waals surface area contributed by atoms with Gasteiger partial charge in [0.1, 0.15) is 5.76 Å². The molecule has 1 aliphatic carbocycles. The summed E-state index contributed by atoms with van der Waals surface area (Å²) >= 11 is 0. The van der Waals surface area contributed by atoms with Crippen LogP contribution in [0.3, 0.4) is 0 Å². The summed E-state index contributed by atoms with van der Waals surface area (Å²) in [7, 11) is 2.17. The quantitative estimate of drug-likeness (QED) is 0.816. The van der Waals surface area contributed by atoms with Gasteiger partial charge in [-0.2, -0.15) is 0 Å². The maximum absolute atomic E-state index is 5.66. The lowest BCUT2D eigenvalue weighted by molar-refractivity contribution is 0.113. The van der Waals surface area contributed by atoms with E-state index in [-0.39, 0.29) is 5.41 Å². The molecule has 2 heterocycles. The minimum absolute atomic E-state index is 0.282. The Balaban J connectivity index is 1.53. The highest BCUT2D eigenvalue weighted by molar-refractivity contribution is 4.98. The number of furan rings is 1. The van der Waals surface area contributed by atoms with Crippen LogP contribution in [-0.2, 0) is 11.3 Å². The second-order valence-corrected chi connectivity index (χ2v) is 6.21.